The van der Waals surface area contributed by atoms with E-state index in [1.54, 1.807) is 0 Å². The summed E-state index contributed by atoms with van der Waals surface area (Å²) < 4.78 is 0. The molecular formula is C18H25BrN2O2. The molecule has 1 aliphatic carbocycles. The van der Waals surface area contributed by atoms with Crippen LogP contribution in [-0.4, -0.2) is 28.4 Å². The average molecular weight is 381 g/mol. The molecular weight excluding hydrogens is 356 g/mol. The highest BCUT2D eigenvalue weighted by Gasteiger charge is 2.37. The first-order valence-electron chi connectivity index (χ1n) is 8.14. The molecule has 0 bridgehead atoms. The highest BCUT2D eigenvalue weighted by atomic mass is 79.9. The van der Waals surface area contributed by atoms with Crippen LogP contribution < -0.4 is 5.32 Å². The summed E-state index contributed by atoms with van der Waals surface area (Å²) in [7, 11) is 0. The predicted molar refractivity (Wildman–Crippen MR) is 95.5 cm³/mol. The number of carbonyl (C=O) groups excluding carboxylic acids is 2. The van der Waals surface area contributed by atoms with Gasteiger partial charge in [0.25, 0.3) is 0 Å². The first-order valence-corrected chi connectivity index (χ1v) is 9.06. The average Bonchev–Trinajstić information content (AvgIpc) is 2.98. The van der Waals surface area contributed by atoms with Crippen molar-refractivity contribution in [2.75, 3.05) is 0 Å². The van der Waals surface area contributed by atoms with E-state index in [2.05, 4.69) is 21.2 Å². The number of imide groups is 1. The SMILES string of the molecule is CC(C)(C)N(C(=O)NC1CCCC1)C(=O)C(Br)c1ccccc1. The largest absolute Gasteiger partial charge is 0.335 e. The van der Waals surface area contributed by atoms with Gasteiger partial charge in [-0.05, 0) is 39.2 Å². The summed E-state index contributed by atoms with van der Waals surface area (Å²) in [5, 5.41) is 3.02. The fourth-order valence-corrected chi connectivity index (χ4v) is 3.43. The first-order chi connectivity index (χ1) is 10.8. The molecule has 1 aromatic rings. The Morgan fingerprint density at radius 1 is 1.17 bits per heavy atom. The molecule has 1 N–H and O–H groups in total. The summed E-state index contributed by atoms with van der Waals surface area (Å²) in [4.78, 5) is 26.4. The van der Waals surface area contributed by atoms with E-state index in [-0.39, 0.29) is 18.0 Å². The lowest BCUT2D eigenvalue weighted by Gasteiger charge is -2.36. The zero-order chi connectivity index (χ0) is 17.0. The quantitative estimate of drug-likeness (QED) is 0.789. The highest BCUT2D eigenvalue weighted by Crippen LogP contribution is 2.29. The molecule has 5 heteroatoms. The number of hydrogen-bond donors (Lipinski definition) is 1. The molecule has 1 aliphatic rings. The minimum Gasteiger partial charge on any atom is -0.335 e. The third kappa shape index (κ3) is 4.56. The molecule has 126 valence electrons. The van der Waals surface area contributed by atoms with Gasteiger partial charge in [-0.3, -0.25) is 9.69 Å². The number of alkyl halides is 1. The van der Waals surface area contributed by atoms with E-state index >= 15 is 0 Å². The zero-order valence-electron chi connectivity index (χ0n) is 14.0. The Balaban J connectivity index is 2.17. The van der Waals surface area contributed by atoms with Crippen molar-refractivity contribution in [1.29, 1.82) is 0 Å². The summed E-state index contributed by atoms with van der Waals surface area (Å²) in [5.41, 5.74) is 0.265. The van der Waals surface area contributed by atoms with Crippen molar-refractivity contribution < 1.29 is 9.59 Å². The lowest BCUT2D eigenvalue weighted by atomic mass is 10.0. The molecule has 2 rings (SSSR count). The summed E-state index contributed by atoms with van der Waals surface area (Å²) in [6.07, 6.45) is 4.27. The van der Waals surface area contributed by atoms with Gasteiger partial charge in [-0.15, -0.1) is 0 Å². The van der Waals surface area contributed by atoms with Crippen molar-refractivity contribution in [3.63, 3.8) is 0 Å². The molecule has 4 nitrogen and oxygen atoms in total. The van der Waals surface area contributed by atoms with Gasteiger partial charge in [-0.1, -0.05) is 59.1 Å². The molecule has 0 heterocycles. The molecule has 0 spiro atoms. The van der Waals surface area contributed by atoms with Gasteiger partial charge in [-0.25, -0.2) is 4.79 Å². The first kappa shape index (κ1) is 18.0. The van der Waals surface area contributed by atoms with E-state index in [0.717, 1.165) is 31.2 Å². The van der Waals surface area contributed by atoms with Crippen LogP contribution in [-0.2, 0) is 4.79 Å². The summed E-state index contributed by atoms with van der Waals surface area (Å²) >= 11 is 3.45. The number of benzene rings is 1. The second kappa shape index (κ2) is 7.47. The van der Waals surface area contributed by atoms with Crippen LogP contribution in [0, 0.1) is 0 Å². The molecule has 1 fully saturated rings. The smallest absolute Gasteiger partial charge is 0.324 e. The number of halogens is 1. The number of carbonyl (C=O) groups is 2. The van der Waals surface area contributed by atoms with Gasteiger partial charge in [0, 0.05) is 11.6 Å². The standard InChI is InChI=1S/C18H25BrN2O2/c1-18(2,3)21(17(23)20-14-11-7-8-12-14)16(22)15(19)13-9-5-4-6-10-13/h4-6,9-10,14-15H,7-8,11-12H2,1-3H3,(H,20,23). The van der Waals surface area contributed by atoms with Crippen LogP contribution in [0.2, 0.25) is 0 Å². The Morgan fingerprint density at radius 3 is 2.26 bits per heavy atom. The van der Waals surface area contributed by atoms with Gasteiger partial charge in [0.2, 0.25) is 5.91 Å². The van der Waals surface area contributed by atoms with Gasteiger partial charge >= 0.3 is 6.03 Å². The highest BCUT2D eigenvalue weighted by molar-refractivity contribution is 9.09. The maximum Gasteiger partial charge on any atom is 0.324 e. The maximum absolute atomic E-state index is 12.9. The Morgan fingerprint density at radius 2 is 1.74 bits per heavy atom. The number of nitrogens with zero attached hydrogens (tertiary/aromatic N) is 1. The van der Waals surface area contributed by atoms with E-state index in [4.69, 9.17) is 0 Å². The topological polar surface area (TPSA) is 49.4 Å². The summed E-state index contributed by atoms with van der Waals surface area (Å²) in [5.74, 6) is -0.237. The van der Waals surface area contributed by atoms with E-state index < -0.39 is 10.4 Å². The van der Waals surface area contributed by atoms with Crippen LogP contribution in [0.15, 0.2) is 30.3 Å². The Kier molecular flexibility index (Phi) is 5.84. The monoisotopic (exact) mass is 380 g/mol. The molecule has 0 aromatic heterocycles. The molecule has 0 radical (unpaired) electrons. The number of nitrogens with one attached hydrogen (secondary N) is 1. The van der Waals surface area contributed by atoms with Crippen molar-refractivity contribution in [1.82, 2.24) is 10.2 Å². The lowest BCUT2D eigenvalue weighted by Crippen LogP contribution is -2.55. The third-order valence-corrected chi connectivity index (χ3v) is 5.01. The Bertz CT molecular complexity index is 548. The summed E-state index contributed by atoms with van der Waals surface area (Å²) in [6, 6.07) is 9.33. The Labute approximate surface area is 146 Å². The van der Waals surface area contributed by atoms with Crippen molar-refractivity contribution in [2.24, 2.45) is 0 Å². The van der Waals surface area contributed by atoms with Crippen LogP contribution in [0.4, 0.5) is 4.79 Å². The minimum absolute atomic E-state index is 0.186. The van der Waals surface area contributed by atoms with E-state index in [1.807, 2.05) is 51.1 Å². The molecule has 3 amide bonds. The van der Waals surface area contributed by atoms with E-state index in [1.165, 1.54) is 4.90 Å². The van der Waals surface area contributed by atoms with Gasteiger partial charge < -0.3 is 5.32 Å². The van der Waals surface area contributed by atoms with Crippen LogP contribution in [0.3, 0.4) is 0 Å². The normalized spacial score (nSPS) is 16.9. The van der Waals surface area contributed by atoms with Crippen LogP contribution in [0.5, 0.6) is 0 Å². The predicted octanol–water partition coefficient (Wildman–Crippen LogP) is 4.40. The number of urea groups is 1. The van der Waals surface area contributed by atoms with Crippen LogP contribution in [0.25, 0.3) is 0 Å². The Hall–Kier alpha value is -1.36. The fraction of sp³-hybridized carbons (Fsp3) is 0.556. The second-order valence-corrected chi connectivity index (χ2v) is 7.96. The fourth-order valence-electron chi connectivity index (χ4n) is 2.92. The van der Waals surface area contributed by atoms with E-state index in [9.17, 15) is 9.59 Å². The maximum atomic E-state index is 12.9. The molecule has 0 aliphatic heterocycles. The number of hydrogen-bond acceptors (Lipinski definition) is 2. The molecule has 23 heavy (non-hydrogen) atoms. The minimum atomic E-state index is -0.583. The molecule has 1 saturated carbocycles. The van der Waals surface area contributed by atoms with Crippen molar-refractivity contribution in [3.05, 3.63) is 35.9 Å². The van der Waals surface area contributed by atoms with Gasteiger partial charge in [0.15, 0.2) is 0 Å². The van der Waals surface area contributed by atoms with Crippen LogP contribution in [0.1, 0.15) is 56.8 Å². The van der Waals surface area contributed by atoms with Gasteiger partial charge in [0.1, 0.15) is 4.83 Å². The zero-order valence-corrected chi connectivity index (χ0v) is 15.6. The molecule has 1 atom stereocenters. The van der Waals surface area contributed by atoms with Crippen molar-refractivity contribution >= 4 is 27.9 Å². The molecule has 1 unspecified atom stereocenters. The number of rotatable bonds is 3. The van der Waals surface area contributed by atoms with Gasteiger partial charge in [-0.2, -0.15) is 0 Å². The molecule has 1 aromatic carbocycles. The van der Waals surface area contributed by atoms with Crippen LogP contribution >= 0.6 is 15.9 Å². The van der Waals surface area contributed by atoms with Crippen molar-refractivity contribution in [3.8, 4) is 0 Å². The summed E-state index contributed by atoms with van der Waals surface area (Å²) in [6.45, 7) is 5.64. The van der Waals surface area contributed by atoms with Crippen molar-refractivity contribution in [2.45, 2.75) is 62.9 Å². The third-order valence-electron chi connectivity index (χ3n) is 4.09. The van der Waals surface area contributed by atoms with E-state index in [0.29, 0.717) is 0 Å². The molecule has 0 saturated heterocycles. The van der Waals surface area contributed by atoms with Gasteiger partial charge in [0.05, 0.1) is 0 Å². The lowest BCUT2D eigenvalue weighted by molar-refractivity contribution is -0.131. The second-order valence-electron chi connectivity index (χ2n) is 7.05. The number of amides is 3.